The van der Waals surface area contributed by atoms with Gasteiger partial charge in [0.05, 0.1) is 11.6 Å². The number of fused-ring (bicyclic) bond motifs is 1. The van der Waals surface area contributed by atoms with Crippen LogP contribution in [0, 0.1) is 24.2 Å². The summed E-state index contributed by atoms with van der Waals surface area (Å²) in [5.74, 6) is 3.14. The molecule has 0 saturated carbocycles. The summed E-state index contributed by atoms with van der Waals surface area (Å²) in [6.45, 7) is 5.22. The first-order chi connectivity index (χ1) is 17.1. The standard InChI is InChI=1S/C18H19N5O2S.C7H11NO/c1-11-10-12(2-3-13(11)18(25)23-6-8-26-9-7-23)20-16-15-14(21-22-16)4-5-19-17(15)24;8-4-1-7-2-5-9-6-3-7/h2-5,10H,6-9H2,1H3,(H,19,24)(H2,20,21,22);7H,1-3,5-6H2. The highest BCUT2D eigenvalue weighted by Crippen LogP contribution is 2.24. The Labute approximate surface area is 208 Å². The molecule has 2 aliphatic heterocycles. The van der Waals surface area contributed by atoms with E-state index in [1.165, 1.54) is 0 Å². The van der Waals surface area contributed by atoms with Crippen molar-refractivity contribution in [1.29, 1.82) is 5.26 Å². The van der Waals surface area contributed by atoms with Crippen LogP contribution >= 0.6 is 11.8 Å². The highest BCUT2D eigenvalue weighted by molar-refractivity contribution is 7.99. The molecule has 9 nitrogen and oxygen atoms in total. The second kappa shape index (κ2) is 11.9. The highest BCUT2D eigenvalue weighted by atomic mass is 32.2. The minimum absolute atomic E-state index is 0.0796. The molecular weight excluding hydrogens is 464 g/mol. The zero-order valence-electron chi connectivity index (χ0n) is 19.8. The van der Waals surface area contributed by atoms with E-state index in [4.69, 9.17) is 10.00 Å². The number of aryl methyl sites for hydroxylation is 1. The average Bonchev–Trinajstić information content (AvgIpc) is 3.29. The molecule has 4 heterocycles. The SMILES string of the molecule is Cc1cc(Nc2n[nH]c3cc[nH]c(=O)c23)ccc1C(=O)N1CCSCC1.N#CCC1CCOCC1. The fourth-order valence-electron chi connectivity index (χ4n) is 4.20. The lowest BCUT2D eigenvalue weighted by molar-refractivity contribution is 0.0677. The van der Waals surface area contributed by atoms with Gasteiger partial charge >= 0.3 is 0 Å². The summed E-state index contributed by atoms with van der Waals surface area (Å²) in [6, 6.07) is 9.53. The van der Waals surface area contributed by atoms with Crippen LogP contribution in [0.15, 0.2) is 35.3 Å². The van der Waals surface area contributed by atoms with Gasteiger partial charge < -0.3 is 19.9 Å². The van der Waals surface area contributed by atoms with E-state index in [0.29, 0.717) is 34.6 Å². The lowest BCUT2D eigenvalue weighted by atomic mass is 9.98. The molecule has 2 aliphatic rings. The maximum Gasteiger partial charge on any atom is 0.261 e. The van der Waals surface area contributed by atoms with Crippen LogP contribution in [0.25, 0.3) is 10.9 Å². The van der Waals surface area contributed by atoms with Gasteiger partial charge in [-0.05, 0) is 55.5 Å². The molecular formula is C25H30N6O3S. The quantitative estimate of drug-likeness (QED) is 0.503. The number of amides is 1. The van der Waals surface area contributed by atoms with Crippen LogP contribution in [0.1, 0.15) is 35.2 Å². The number of nitrogens with zero attached hydrogens (tertiary/aromatic N) is 3. The first kappa shape index (κ1) is 24.8. The second-order valence-corrected chi connectivity index (χ2v) is 9.87. The predicted octanol–water partition coefficient (Wildman–Crippen LogP) is 3.82. The third-order valence-electron chi connectivity index (χ3n) is 6.22. The van der Waals surface area contributed by atoms with Gasteiger partial charge in [0.15, 0.2) is 5.82 Å². The van der Waals surface area contributed by atoms with E-state index in [2.05, 4.69) is 26.6 Å². The van der Waals surface area contributed by atoms with Crippen molar-refractivity contribution in [2.45, 2.75) is 26.2 Å². The van der Waals surface area contributed by atoms with Crippen molar-refractivity contribution in [2.24, 2.45) is 5.92 Å². The van der Waals surface area contributed by atoms with Crippen molar-refractivity contribution in [3.63, 3.8) is 0 Å². The molecule has 5 rings (SSSR count). The van der Waals surface area contributed by atoms with E-state index in [-0.39, 0.29) is 11.5 Å². The van der Waals surface area contributed by atoms with Gasteiger partial charge in [0.1, 0.15) is 5.39 Å². The smallest absolute Gasteiger partial charge is 0.261 e. The van der Waals surface area contributed by atoms with Crippen LogP contribution in [-0.4, -0.2) is 63.8 Å². The molecule has 2 fully saturated rings. The predicted molar refractivity (Wildman–Crippen MR) is 138 cm³/mol. The first-order valence-corrected chi connectivity index (χ1v) is 13.0. The van der Waals surface area contributed by atoms with Crippen LogP contribution in [0.3, 0.4) is 0 Å². The van der Waals surface area contributed by atoms with Gasteiger partial charge in [0.25, 0.3) is 11.5 Å². The highest BCUT2D eigenvalue weighted by Gasteiger charge is 2.20. The fraction of sp³-hybridized carbons (Fsp3) is 0.440. The number of pyridine rings is 1. The number of H-pyrrole nitrogens is 2. The Morgan fingerprint density at radius 1 is 1.29 bits per heavy atom. The molecule has 0 aliphatic carbocycles. The Kier molecular flexibility index (Phi) is 8.45. The summed E-state index contributed by atoms with van der Waals surface area (Å²) in [5, 5.41) is 19.0. The van der Waals surface area contributed by atoms with E-state index < -0.39 is 0 Å². The first-order valence-electron chi connectivity index (χ1n) is 11.8. The van der Waals surface area contributed by atoms with Crippen LogP contribution < -0.4 is 10.9 Å². The zero-order chi connectivity index (χ0) is 24.6. The molecule has 184 valence electrons. The van der Waals surface area contributed by atoms with Gasteiger partial charge in [-0.25, -0.2) is 0 Å². The van der Waals surface area contributed by atoms with Crippen LogP contribution in [0.4, 0.5) is 11.5 Å². The minimum atomic E-state index is -0.203. The van der Waals surface area contributed by atoms with Gasteiger partial charge in [-0.2, -0.15) is 22.1 Å². The normalized spacial score (nSPS) is 16.3. The van der Waals surface area contributed by atoms with Crippen LogP contribution in [0.2, 0.25) is 0 Å². The summed E-state index contributed by atoms with van der Waals surface area (Å²) in [5.41, 5.74) is 2.86. The van der Waals surface area contributed by atoms with Crippen molar-refractivity contribution < 1.29 is 9.53 Å². The van der Waals surface area contributed by atoms with Crippen molar-refractivity contribution in [1.82, 2.24) is 20.1 Å². The molecule has 1 aromatic carbocycles. The van der Waals surface area contributed by atoms with Gasteiger partial charge in [-0.1, -0.05) is 0 Å². The molecule has 0 unspecified atom stereocenters. The van der Waals surface area contributed by atoms with Crippen LogP contribution in [0.5, 0.6) is 0 Å². The lowest BCUT2D eigenvalue weighted by Crippen LogP contribution is -2.38. The van der Waals surface area contributed by atoms with Crippen molar-refractivity contribution in [3.8, 4) is 6.07 Å². The Hall–Kier alpha value is -3.29. The molecule has 0 atom stereocenters. The number of hydrogen-bond acceptors (Lipinski definition) is 7. The largest absolute Gasteiger partial charge is 0.381 e. The Morgan fingerprint density at radius 3 is 2.77 bits per heavy atom. The summed E-state index contributed by atoms with van der Waals surface area (Å²) < 4.78 is 5.14. The Morgan fingerprint density at radius 2 is 2.06 bits per heavy atom. The number of anilines is 2. The third-order valence-corrected chi connectivity index (χ3v) is 7.17. The average molecular weight is 495 g/mol. The zero-order valence-corrected chi connectivity index (χ0v) is 20.6. The van der Waals surface area contributed by atoms with Gasteiger partial charge in [-0.15, -0.1) is 0 Å². The molecule has 1 amide bonds. The molecule has 35 heavy (non-hydrogen) atoms. The van der Waals surface area contributed by atoms with Crippen molar-refractivity contribution >= 4 is 40.1 Å². The minimum Gasteiger partial charge on any atom is -0.381 e. The number of ether oxygens (including phenoxy) is 1. The number of hydrogen-bond donors (Lipinski definition) is 3. The maximum absolute atomic E-state index is 12.7. The van der Waals surface area contributed by atoms with E-state index in [9.17, 15) is 9.59 Å². The molecule has 3 aromatic rings. The van der Waals surface area contributed by atoms with Gasteiger partial charge in [0.2, 0.25) is 0 Å². The van der Waals surface area contributed by atoms with Crippen LogP contribution in [-0.2, 0) is 4.74 Å². The number of aromatic nitrogens is 3. The number of nitrogens with one attached hydrogen (secondary N) is 3. The number of thioether (sulfide) groups is 1. The molecule has 0 bridgehead atoms. The summed E-state index contributed by atoms with van der Waals surface area (Å²) >= 11 is 1.88. The number of carbonyl (C=O) groups excluding carboxylic acids is 1. The lowest BCUT2D eigenvalue weighted by Gasteiger charge is -2.27. The van der Waals surface area contributed by atoms with Gasteiger partial charge in [-0.3, -0.25) is 14.7 Å². The summed E-state index contributed by atoms with van der Waals surface area (Å²) in [4.78, 5) is 29.3. The van der Waals surface area contributed by atoms with Gasteiger partial charge in [0, 0.05) is 61.7 Å². The molecule has 0 radical (unpaired) electrons. The van der Waals surface area contributed by atoms with E-state index in [0.717, 1.165) is 61.9 Å². The monoisotopic (exact) mass is 494 g/mol. The fourth-order valence-corrected chi connectivity index (χ4v) is 5.11. The number of carbonyl (C=O) groups is 1. The number of benzene rings is 1. The maximum atomic E-state index is 12.7. The van der Waals surface area contributed by atoms with Crippen molar-refractivity contribution in [2.75, 3.05) is 43.1 Å². The molecule has 3 N–H and O–H groups in total. The number of rotatable bonds is 4. The Balaban J connectivity index is 0.000000271. The summed E-state index contributed by atoms with van der Waals surface area (Å²) in [6.07, 6.45) is 4.45. The summed E-state index contributed by atoms with van der Waals surface area (Å²) in [7, 11) is 0. The third kappa shape index (κ3) is 6.24. The number of aromatic amines is 2. The molecule has 2 aromatic heterocycles. The van der Waals surface area contributed by atoms with E-state index >= 15 is 0 Å². The molecule has 2 saturated heterocycles. The molecule has 0 spiro atoms. The molecule has 10 heteroatoms. The van der Waals surface area contributed by atoms with E-state index in [1.54, 1.807) is 12.3 Å². The number of nitriles is 1. The second-order valence-electron chi connectivity index (χ2n) is 8.64. The van der Waals surface area contributed by atoms with Crippen molar-refractivity contribution in [3.05, 3.63) is 51.9 Å². The topological polar surface area (TPSA) is 127 Å². The Bertz CT molecular complexity index is 1250. The van der Waals surface area contributed by atoms with E-state index in [1.807, 2.05) is 41.8 Å².